The molecule has 0 aromatic carbocycles. The Balaban J connectivity index is 0. The molecule has 0 spiro atoms. The van der Waals surface area contributed by atoms with Crippen LogP contribution in [-0.2, 0) is 4.74 Å². The van der Waals surface area contributed by atoms with Crippen LogP contribution in [0.2, 0.25) is 0 Å². The molecule has 0 fully saturated rings. The summed E-state index contributed by atoms with van der Waals surface area (Å²) in [5.41, 5.74) is 0. The third kappa shape index (κ3) is 18.4. The molecule has 0 aliphatic rings. The minimum Gasteiger partial charge on any atom is -0.368 e. The van der Waals surface area contributed by atoms with Gasteiger partial charge in [0.25, 0.3) is 0 Å². The number of ether oxygens (including phenoxy) is 1. The molecule has 0 amide bonds. The molecule has 1 N–H and O–H groups in total. The van der Waals surface area contributed by atoms with Crippen LogP contribution in [-0.4, -0.2) is 18.0 Å². The Morgan fingerprint density at radius 2 is 2.00 bits per heavy atom. The van der Waals surface area contributed by atoms with Gasteiger partial charge in [0.2, 0.25) is 0 Å². The first-order valence-corrected chi connectivity index (χ1v) is 2.27. The van der Waals surface area contributed by atoms with Crippen LogP contribution in [0.4, 0.5) is 0 Å². The zero-order chi connectivity index (χ0) is 6.99. The molecule has 4 heteroatoms. The summed E-state index contributed by atoms with van der Waals surface area (Å²) < 4.78 is 4.60. The average molecular weight is 118 g/mol. The van der Waals surface area contributed by atoms with E-state index >= 15 is 0 Å². The fourth-order valence-corrected chi connectivity index (χ4v) is 0.241. The molecular weight excluding hydrogens is 108 g/mol. The summed E-state index contributed by atoms with van der Waals surface area (Å²) in [7, 11) is 0. The molecule has 0 aromatic rings. The smallest absolute Gasteiger partial charge is 0.151 e. The van der Waals surface area contributed by atoms with E-state index in [0.29, 0.717) is 6.61 Å². The van der Waals surface area contributed by atoms with E-state index < -0.39 is 6.29 Å². The van der Waals surface area contributed by atoms with Crippen molar-refractivity contribution in [3.05, 3.63) is 0 Å². The van der Waals surface area contributed by atoms with Gasteiger partial charge in [-0.15, -0.1) is 0 Å². The van der Waals surface area contributed by atoms with E-state index in [4.69, 9.17) is 15.9 Å². The van der Waals surface area contributed by atoms with Gasteiger partial charge in [0.15, 0.2) is 6.29 Å². The lowest BCUT2D eigenvalue weighted by molar-refractivity contribution is -0.0800. The van der Waals surface area contributed by atoms with Gasteiger partial charge in [0, 0.05) is 17.4 Å². The molecule has 0 saturated heterocycles. The van der Waals surface area contributed by atoms with Crippen LogP contribution in [0.5, 0.6) is 0 Å². The highest BCUT2D eigenvalue weighted by Gasteiger charge is 1.85. The van der Waals surface area contributed by atoms with E-state index in [1.54, 1.807) is 6.92 Å². The van der Waals surface area contributed by atoms with Crippen LogP contribution in [0.25, 0.3) is 0 Å². The predicted molar refractivity (Wildman–Crippen MR) is 26.8 cm³/mol. The summed E-state index contributed by atoms with van der Waals surface area (Å²) >= 11 is 0. The van der Waals surface area contributed by atoms with Crippen LogP contribution < -0.4 is 0 Å². The van der Waals surface area contributed by atoms with E-state index in [0.717, 1.165) is 0 Å². The van der Waals surface area contributed by atoms with Gasteiger partial charge in [-0.1, -0.05) is 0 Å². The number of hydrogen-bond acceptors (Lipinski definition) is 4. The first-order chi connectivity index (χ1) is 3.77. The molecule has 0 rings (SSSR count). The van der Waals surface area contributed by atoms with Gasteiger partial charge < -0.3 is 9.84 Å². The first kappa shape index (κ1) is 10.3. The van der Waals surface area contributed by atoms with Crippen molar-refractivity contribution in [2.45, 2.75) is 20.1 Å². The van der Waals surface area contributed by atoms with Crippen molar-refractivity contribution < 1.29 is 9.84 Å². The second kappa shape index (κ2) is 9.60. The Morgan fingerprint density at radius 1 is 1.62 bits per heavy atom. The second-order valence-electron chi connectivity index (χ2n) is 1.05. The van der Waals surface area contributed by atoms with E-state index in [1.807, 2.05) is 6.92 Å². The lowest BCUT2D eigenvalue weighted by atomic mass is 10.7. The minimum absolute atomic E-state index is 0.581. The zero-order valence-electron chi connectivity index (χ0n) is 5.03. The van der Waals surface area contributed by atoms with Gasteiger partial charge in [-0.25, -0.2) is 0 Å². The maximum absolute atomic E-state index is 8.33. The van der Waals surface area contributed by atoms with Gasteiger partial charge in [0.1, 0.15) is 0 Å². The number of aliphatic hydroxyl groups is 1. The number of aliphatic hydroxyl groups excluding tert-OH is 1. The Morgan fingerprint density at radius 3 is 2.00 bits per heavy atom. The quantitative estimate of drug-likeness (QED) is 0.420. The van der Waals surface area contributed by atoms with Crippen LogP contribution in [0.1, 0.15) is 13.8 Å². The predicted octanol–water partition coefficient (Wildman–Crippen LogP) is 0.391. The highest BCUT2D eigenvalue weighted by Crippen LogP contribution is 1.78. The standard InChI is InChI=1S/C4H10O2.N2/c1-3-6-4(2)5;1-2/h4-5H,3H2,1-2H3;. The van der Waals surface area contributed by atoms with E-state index in [-0.39, 0.29) is 0 Å². The molecule has 1 unspecified atom stereocenters. The molecule has 0 bridgehead atoms. The van der Waals surface area contributed by atoms with Crippen molar-refractivity contribution in [2.75, 3.05) is 6.61 Å². The highest BCUT2D eigenvalue weighted by atomic mass is 16.6. The molecule has 8 heavy (non-hydrogen) atoms. The lowest BCUT2D eigenvalue weighted by Gasteiger charge is -1.99. The van der Waals surface area contributed by atoms with Crippen molar-refractivity contribution in [3.63, 3.8) is 0 Å². The van der Waals surface area contributed by atoms with Crippen LogP contribution >= 0.6 is 0 Å². The van der Waals surface area contributed by atoms with Crippen LogP contribution in [0.15, 0.2) is 0 Å². The van der Waals surface area contributed by atoms with Crippen molar-refractivity contribution in [3.8, 4) is 0 Å². The van der Waals surface area contributed by atoms with Crippen molar-refractivity contribution in [1.29, 1.82) is 10.8 Å². The molecule has 48 valence electrons. The van der Waals surface area contributed by atoms with Crippen LogP contribution in [0.3, 0.4) is 0 Å². The fraction of sp³-hybridized carbons (Fsp3) is 1.00. The van der Waals surface area contributed by atoms with Gasteiger partial charge in [0.05, 0.1) is 0 Å². The molecule has 0 aliphatic carbocycles. The SMILES string of the molecule is CCOC(C)O.N#N. The number of rotatable bonds is 2. The Labute approximate surface area is 48.5 Å². The third-order valence-corrected chi connectivity index (χ3v) is 0.408. The van der Waals surface area contributed by atoms with Crippen molar-refractivity contribution >= 4 is 0 Å². The molecule has 0 saturated carbocycles. The van der Waals surface area contributed by atoms with E-state index in [9.17, 15) is 0 Å². The monoisotopic (exact) mass is 118 g/mol. The fourth-order valence-electron chi connectivity index (χ4n) is 0.241. The number of nitrogens with zero attached hydrogens (tertiary/aromatic N) is 2. The Hall–Kier alpha value is -0.660. The molecule has 1 atom stereocenters. The summed E-state index contributed by atoms with van der Waals surface area (Å²) in [5, 5.41) is 20.3. The Kier molecular flexibility index (Phi) is 12.4. The topological polar surface area (TPSA) is 77.0 Å². The maximum Gasteiger partial charge on any atom is 0.151 e. The molecule has 0 aromatic heterocycles. The van der Waals surface area contributed by atoms with Crippen molar-refractivity contribution in [1.82, 2.24) is 0 Å². The van der Waals surface area contributed by atoms with Gasteiger partial charge in [-0.05, 0) is 13.8 Å². The van der Waals surface area contributed by atoms with E-state index in [2.05, 4.69) is 4.74 Å². The summed E-state index contributed by atoms with van der Waals surface area (Å²) in [4.78, 5) is 0. The summed E-state index contributed by atoms with van der Waals surface area (Å²) in [6, 6.07) is 0. The molecule has 0 heterocycles. The van der Waals surface area contributed by atoms with Gasteiger partial charge in [-0.2, -0.15) is 0 Å². The van der Waals surface area contributed by atoms with Crippen LogP contribution in [0, 0.1) is 10.8 Å². The van der Waals surface area contributed by atoms with Gasteiger partial charge >= 0.3 is 0 Å². The second-order valence-corrected chi connectivity index (χ2v) is 1.05. The summed E-state index contributed by atoms with van der Waals surface area (Å²) in [6.07, 6.45) is -0.602. The van der Waals surface area contributed by atoms with Gasteiger partial charge in [-0.3, -0.25) is 0 Å². The molecule has 0 aliphatic heterocycles. The third-order valence-electron chi connectivity index (χ3n) is 0.408. The van der Waals surface area contributed by atoms with E-state index in [1.165, 1.54) is 0 Å². The molecule has 0 radical (unpaired) electrons. The molecular formula is C4H10N2O2. The summed E-state index contributed by atoms with van der Waals surface area (Å²) in [6.45, 7) is 4.01. The highest BCUT2D eigenvalue weighted by molar-refractivity contribution is 4.17. The Bertz CT molecular complexity index is 53.2. The normalized spacial score (nSPS) is 11.1. The number of hydrogen-bond donors (Lipinski definition) is 1. The molecule has 4 nitrogen and oxygen atoms in total. The lowest BCUT2D eigenvalue weighted by Crippen LogP contribution is -2.04. The maximum atomic E-state index is 8.33. The minimum atomic E-state index is -0.602. The van der Waals surface area contributed by atoms with Crippen molar-refractivity contribution in [2.24, 2.45) is 0 Å². The largest absolute Gasteiger partial charge is 0.368 e. The summed E-state index contributed by atoms with van der Waals surface area (Å²) in [5.74, 6) is 0. The average Bonchev–Trinajstić information content (AvgIpc) is 1.72. The first-order valence-electron chi connectivity index (χ1n) is 2.27. The zero-order valence-corrected chi connectivity index (χ0v) is 5.03.